The van der Waals surface area contributed by atoms with Crippen molar-refractivity contribution < 1.29 is 4.74 Å². The van der Waals surface area contributed by atoms with Crippen LogP contribution in [0.25, 0.3) is 0 Å². The first-order chi connectivity index (χ1) is 7.86. The third-order valence-corrected chi connectivity index (χ3v) is 3.16. The molecular weight excluding hydrogens is 202 g/mol. The normalized spacial score (nSPS) is 19.5. The Labute approximate surface area is 94.7 Å². The van der Waals surface area contributed by atoms with E-state index in [2.05, 4.69) is 28.1 Å². The largest absolute Gasteiger partial charge is 0.383 e. The van der Waals surface area contributed by atoms with Crippen molar-refractivity contribution in [3.05, 3.63) is 29.3 Å². The fraction of sp³-hybridized carbons (Fsp3) is 0.417. The molecule has 4 heteroatoms. The van der Waals surface area contributed by atoms with Gasteiger partial charge in [0.2, 0.25) is 0 Å². The number of rotatable bonds is 1. The average Bonchev–Trinajstić information content (AvgIpc) is 2.73. The van der Waals surface area contributed by atoms with Crippen molar-refractivity contribution >= 4 is 11.5 Å². The summed E-state index contributed by atoms with van der Waals surface area (Å²) in [6.45, 7) is 4.17. The lowest BCUT2D eigenvalue weighted by atomic mass is 10.1. The van der Waals surface area contributed by atoms with E-state index < -0.39 is 0 Å². The lowest BCUT2D eigenvalue weighted by Crippen LogP contribution is -2.37. The van der Waals surface area contributed by atoms with E-state index in [1.54, 1.807) is 0 Å². The molecule has 1 aromatic carbocycles. The molecule has 2 N–H and O–H groups in total. The number of hydrogen-bond donors (Lipinski definition) is 1. The summed E-state index contributed by atoms with van der Waals surface area (Å²) in [4.78, 5) is 6.63. The van der Waals surface area contributed by atoms with Gasteiger partial charge in [0.1, 0.15) is 5.84 Å². The maximum Gasteiger partial charge on any atom is 0.128 e. The summed E-state index contributed by atoms with van der Waals surface area (Å²) in [7, 11) is 0. The summed E-state index contributed by atoms with van der Waals surface area (Å²) in [5.41, 5.74) is 9.52. The number of fused-ring (bicyclic) bond motifs is 1. The van der Waals surface area contributed by atoms with Crippen LogP contribution in [0.15, 0.2) is 23.2 Å². The van der Waals surface area contributed by atoms with Gasteiger partial charge in [-0.05, 0) is 11.6 Å². The Morgan fingerprint density at radius 2 is 2.06 bits per heavy atom. The van der Waals surface area contributed by atoms with Crippen molar-refractivity contribution in [2.75, 3.05) is 31.2 Å². The zero-order valence-corrected chi connectivity index (χ0v) is 9.15. The summed E-state index contributed by atoms with van der Waals surface area (Å²) in [5, 5.41) is 0. The van der Waals surface area contributed by atoms with Crippen LogP contribution >= 0.6 is 0 Å². The van der Waals surface area contributed by atoms with Crippen LogP contribution in [-0.2, 0) is 11.3 Å². The van der Waals surface area contributed by atoms with Gasteiger partial charge in [0.05, 0.1) is 19.8 Å². The molecule has 0 radical (unpaired) electrons. The molecule has 0 amide bonds. The fourth-order valence-electron chi connectivity index (χ4n) is 2.33. The van der Waals surface area contributed by atoms with Crippen molar-refractivity contribution in [2.24, 2.45) is 10.7 Å². The number of ether oxygens (including phenoxy) is 1. The van der Waals surface area contributed by atoms with Crippen molar-refractivity contribution in [1.29, 1.82) is 0 Å². The van der Waals surface area contributed by atoms with Gasteiger partial charge in [-0.1, -0.05) is 12.1 Å². The molecule has 1 fully saturated rings. The highest BCUT2D eigenvalue weighted by molar-refractivity contribution is 6.05. The van der Waals surface area contributed by atoms with Gasteiger partial charge in [0.15, 0.2) is 0 Å². The second kappa shape index (κ2) is 3.79. The number of aliphatic imine (C=N–C) groups is 1. The van der Waals surface area contributed by atoms with E-state index in [4.69, 9.17) is 10.5 Å². The molecule has 1 aromatic rings. The quantitative estimate of drug-likeness (QED) is 0.755. The Balaban J connectivity index is 2.01. The molecule has 16 heavy (non-hydrogen) atoms. The second-order valence-electron chi connectivity index (χ2n) is 4.11. The molecule has 1 saturated heterocycles. The molecule has 2 heterocycles. The van der Waals surface area contributed by atoms with Gasteiger partial charge in [-0.2, -0.15) is 0 Å². The Morgan fingerprint density at radius 3 is 2.88 bits per heavy atom. The highest BCUT2D eigenvalue weighted by Crippen LogP contribution is 2.28. The molecule has 0 bridgehead atoms. The van der Waals surface area contributed by atoms with E-state index in [9.17, 15) is 0 Å². The van der Waals surface area contributed by atoms with Crippen molar-refractivity contribution in [3.8, 4) is 0 Å². The van der Waals surface area contributed by atoms with Crippen LogP contribution in [0, 0.1) is 0 Å². The van der Waals surface area contributed by atoms with Crippen LogP contribution in [-0.4, -0.2) is 32.1 Å². The van der Waals surface area contributed by atoms with Crippen LogP contribution in [0.2, 0.25) is 0 Å². The van der Waals surface area contributed by atoms with Crippen LogP contribution < -0.4 is 10.6 Å². The molecule has 0 atom stereocenters. The summed E-state index contributed by atoms with van der Waals surface area (Å²) in [5.74, 6) is 0.678. The number of hydrogen-bond acceptors (Lipinski definition) is 4. The number of morpholine rings is 1. The maximum absolute atomic E-state index is 5.95. The van der Waals surface area contributed by atoms with Gasteiger partial charge >= 0.3 is 0 Å². The van der Waals surface area contributed by atoms with Crippen LogP contribution in [0.1, 0.15) is 11.1 Å². The van der Waals surface area contributed by atoms with Gasteiger partial charge in [0.25, 0.3) is 0 Å². The first kappa shape index (κ1) is 9.66. The zero-order chi connectivity index (χ0) is 11.0. The Bertz CT molecular complexity index is 436. The molecule has 84 valence electrons. The number of nitrogens with two attached hydrogens (primary N) is 1. The second-order valence-corrected chi connectivity index (χ2v) is 4.11. The zero-order valence-electron chi connectivity index (χ0n) is 9.15. The molecule has 2 aliphatic rings. The van der Waals surface area contributed by atoms with Crippen molar-refractivity contribution in [1.82, 2.24) is 0 Å². The summed E-state index contributed by atoms with van der Waals surface area (Å²) in [6, 6.07) is 6.30. The maximum atomic E-state index is 5.95. The predicted octanol–water partition coefficient (Wildman–Crippen LogP) is 0.742. The minimum Gasteiger partial charge on any atom is -0.383 e. The number of amidine groups is 1. The fourth-order valence-corrected chi connectivity index (χ4v) is 2.33. The molecule has 0 aromatic heterocycles. The molecular formula is C12H15N3O. The number of benzene rings is 1. The monoisotopic (exact) mass is 217 g/mol. The Morgan fingerprint density at radius 1 is 1.25 bits per heavy atom. The molecule has 0 aliphatic carbocycles. The van der Waals surface area contributed by atoms with E-state index >= 15 is 0 Å². The predicted molar refractivity (Wildman–Crippen MR) is 63.9 cm³/mol. The summed E-state index contributed by atoms with van der Waals surface area (Å²) < 4.78 is 5.36. The van der Waals surface area contributed by atoms with E-state index in [0.717, 1.165) is 38.4 Å². The average molecular weight is 217 g/mol. The van der Waals surface area contributed by atoms with Crippen molar-refractivity contribution in [2.45, 2.75) is 6.54 Å². The minimum atomic E-state index is 0.678. The van der Waals surface area contributed by atoms with E-state index in [1.165, 1.54) is 11.3 Å². The minimum absolute atomic E-state index is 0.678. The van der Waals surface area contributed by atoms with E-state index in [1.807, 2.05) is 0 Å². The standard InChI is InChI=1S/C12H15N3O/c13-12-11-9(8-14-12)2-1-3-10(11)15-4-6-16-7-5-15/h1-3H,4-8H2,(H2,13,14). The smallest absolute Gasteiger partial charge is 0.128 e. The summed E-state index contributed by atoms with van der Waals surface area (Å²) in [6.07, 6.45) is 0. The third kappa shape index (κ3) is 1.46. The highest BCUT2D eigenvalue weighted by Gasteiger charge is 2.21. The first-order valence-corrected chi connectivity index (χ1v) is 5.61. The van der Waals surface area contributed by atoms with Gasteiger partial charge in [0, 0.05) is 24.3 Å². The molecule has 4 nitrogen and oxygen atoms in total. The van der Waals surface area contributed by atoms with Gasteiger partial charge in [-0.3, -0.25) is 4.99 Å². The van der Waals surface area contributed by atoms with Crippen LogP contribution in [0.3, 0.4) is 0 Å². The van der Waals surface area contributed by atoms with E-state index in [-0.39, 0.29) is 0 Å². The topological polar surface area (TPSA) is 50.8 Å². The lowest BCUT2D eigenvalue weighted by molar-refractivity contribution is 0.122. The van der Waals surface area contributed by atoms with Gasteiger partial charge in [-0.15, -0.1) is 0 Å². The molecule has 3 rings (SSSR count). The Kier molecular flexibility index (Phi) is 2.29. The molecule has 0 unspecified atom stereocenters. The van der Waals surface area contributed by atoms with Crippen LogP contribution in [0.4, 0.5) is 5.69 Å². The molecule has 0 saturated carbocycles. The molecule has 0 spiro atoms. The van der Waals surface area contributed by atoms with E-state index in [0.29, 0.717) is 5.84 Å². The Hall–Kier alpha value is -1.55. The van der Waals surface area contributed by atoms with Crippen molar-refractivity contribution in [3.63, 3.8) is 0 Å². The first-order valence-electron chi connectivity index (χ1n) is 5.61. The molecule has 2 aliphatic heterocycles. The van der Waals surface area contributed by atoms with Crippen LogP contribution in [0.5, 0.6) is 0 Å². The SMILES string of the molecule is NC1=NCc2cccc(N3CCOCC3)c21. The third-order valence-electron chi connectivity index (χ3n) is 3.16. The van der Waals surface area contributed by atoms with Gasteiger partial charge < -0.3 is 15.4 Å². The van der Waals surface area contributed by atoms with Gasteiger partial charge in [-0.25, -0.2) is 0 Å². The highest BCUT2D eigenvalue weighted by atomic mass is 16.5. The lowest BCUT2D eigenvalue weighted by Gasteiger charge is -2.30. The summed E-state index contributed by atoms with van der Waals surface area (Å²) >= 11 is 0. The number of nitrogens with zero attached hydrogens (tertiary/aromatic N) is 2. The number of anilines is 1.